The summed E-state index contributed by atoms with van der Waals surface area (Å²) in [5, 5.41) is 5.30. The molecule has 2 saturated carbocycles. The SMILES string of the molecule is COc1ccc(OC)c(/C=N/N2C(=O)C3C(C2=O)C2C=CC3C23CC3)c1. The molecule has 4 aliphatic rings. The Morgan fingerprint density at radius 3 is 2.27 bits per heavy atom. The quantitative estimate of drug-likeness (QED) is 0.473. The number of ether oxygens (including phenoxy) is 2. The van der Waals surface area contributed by atoms with E-state index in [9.17, 15) is 9.59 Å². The summed E-state index contributed by atoms with van der Waals surface area (Å²) in [6, 6.07) is 5.31. The van der Waals surface area contributed by atoms with E-state index in [4.69, 9.17) is 9.47 Å². The number of benzene rings is 1. The van der Waals surface area contributed by atoms with Gasteiger partial charge in [-0.1, -0.05) is 12.2 Å². The van der Waals surface area contributed by atoms with Crippen LogP contribution in [0.4, 0.5) is 0 Å². The second-order valence-corrected chi connectivity index (χ2v) is 7.56. The Kier molecular flexibility index (Phi) is 3.12. The summed E-state index contributed by atoms with van der Waals surface area (Å²) in [5.41, 5.74) is 0.858. The van der Waals surface area contributed by atoms with Crippen molar-refractivity contribution in [2.75, 3.05) is 14.2 Å². The minimum absolute atomic E-state index is 0.166. The fourth-order valence-electron chi connectivity index (χ4n) is 5.24. The van der Waals surface area contributed by atoms with Crippen molar-refractivity contribution < 1.29 is 19.1 Å². The number of carbonyl (C=O) groups excluding carboxylic acids is 2. The summed E-state index contributed by atoms with van der Waals surface area (Å²) >= 11 is 0. The molecule has 1 aliphatic heterocycles. The minimum Gasteiger partial charge on any atom is -0.497 e. The van der Waals surface area contributed by atoms with E-state index >= 15 is 0 Å². The molecule has 3 aliphatic carbocycles. The molecule has 2 bridgehead atoms. The summed E-state index contributed by atoms with van der Waals surface area (Å²) in [6.07, 6.45) is 8.07. The average molecular weight is 352 g/mol. The zero-order valence-corrected chi connectivity index (χ0v) is 14.7. The van der Waals surface area contributed by atoms with Gasteiger partial charge in [-0.2, -0.15) is 10.1 Å². The van der Waals surface area contributed by atoms with Gasteiger partial charge in [-0.3, -0.25) is 9.59 Å². The second kappa shape index (κ2) is 5.19. The van der Waals surface area contributed by atoms with Crippen molar-refractivity contribution in [3.8, 4) is 11.5 Å². The van der Waals surface area contributed by atoms with Gasteiger partial charge in [0.1, 0.15) is 11.5 Å². The van der Waals surface area contributed by atoms with Gasteiger partial charge in [0.05, 0.1) is 32.3 Å². The van der Waals surface area contributed by atoms with E-state index in [1.807, 2.05) is 0 Å². The van der Waals surface area contributed by atoms with Crippen molar-refractivity contribution in [2.45, 2.75) is 12.8 Å². The van der Waals surface area contributed by atoms with Gasteiger partial charge in [0.2, 0.25) is 0 Å². The fraction of sp³-hybridized carbons (Fsp3) is 0.450. The van der Waals surface area contributed by atoms with Crippen LogP contribution in [0.2, 0.25) is 0 Å². The van der Waals surface area contributed by atoms with Crippen LogP contribution in [0, 0.1) is 29.1 Å². The summed E-state index contributed by atoms with van der Waals surface area (Å²) in [6.45, 7) is 0. The van der Waals surface area contributed by atoms with E-state index in [1.54, 1.807) is 32.4 Å². The molecular weight excluding hydrogens is 332 g/mol. The summed E-state index contributed by atoms with van der Waals surface area (Å²) in [4.78, 5) is 25.8. The van der Waals surface area contributed by atoms with Gasteiger partial charge < -0.3 is 9.47 Å². The van der Waals surface area contributed by atoms with Gasteiger partial charge in [0.25, 0.3) is 11.8 Å². The average Bonchev–Trinajstić information content (AvgIpc) is 3.26. The smallest absolute Gasteiger partial charge is 0.254 e. The maximum absolute atomic E-state index is 12.9. The van der Waals surface area contributed by atoms with Gasteiger partial charge in [-0.05, 0) is 48.3 Å². The van der Waals surface area contributed by atoms with Crippen molar-refractivity contribution >= 4 is 18.0 Å². The van der Waals surface area contributed by atoms with E-state index < -0.39 is 0 Å². The lowest BCUT2D eigenvalue weighted by Crippen LogP contribution is -2.30. The highest BCUT2D eigenvalue weighted by atomic mass is 16.5. The Bertz CT molecular complexity index is 837. The molecule has 5 rings (SSSR count). The van der Waals surface area contributed by atoms with Gasteiger partial charge in [0, 0.05) is 5.56 Å². The van der Waals surface area contributed by atoms with E-state index in [0.717, 1.165) is 17.9 Å². The van der Waals surface area contributed by atoms with Crippen molar-refractivity contribution in [1.82, 2.24) is 5.01 Å². The first-order valence-corrected chi connectivity index (χ1v) is 8.93. The number of rotatable bonds is 4. The van der Waals surface area contributed by atoms with E-state index in [2.05, 4.69) is 17.3 Å². The molecule has 2 amide bonds. The van der Waals surface area contributed by atoms with Crippen LogP contribution in [-0.4, -0.2) is 37.3 Å². The first-order chi connectivity index (χ1) is 12.6. The fourth-order valence-corrected chi connectivity index (χ4v) is 5.24. The van der Waals surface area contributed by atoms with Crippen molar-refractivity contribution in [3.63, 3.8) is 0 Å². The van der Waals surface area contributed by atoms with Crippen LogP contribution in [0.25, 0.3) is 0 Å². The molecule has 26 heavy (non-hydrogen) atoms. The highest BCUT2D eigenvalue weighted by molar-refractivity contribution is 6.07. The van der Waals surface area contributed by atoms with E-state index in [1.165, 1.54) is 6.21 Å². The van der Waals surface area contributed by atoms with Crippen molar-refractivity contribution in [2.24, 2.45) is 34.2 Å². The Labute approximate surface area is 151 Å². The topological polar surface area (TPSA) is 68.2 Å². The third-order valence-electron chi connectivity index (χ3n) is 6.58. The number of allylic oxidation sites excluding steroid dienone is 2. The highest BCUT2D eigenvalue weighted by Crippen LogP contribution is 2.73. The number of amides is 2. The number of fused-ring (bicyclic) bond motifs is 3. The number of nitrogens with zero attached hydrogens (tertiary/aromatic N) is 2. The van der Waals surface area contributed by atoms with Gasteiger partial charge in [0.15, 0.2) is 0 Å². The van der Waals surface area contributed by atoms with E-state index in [-0.39, 0.29) is 40.9 Å². The predicted molar refractivity (Wildman–Crippen MR) is 93.8 cm³/mol. The minimum atomic E-state index is -0.232. The second-order valence-electron chi connectivity index (χ2n) is 7.56. The molecule has 134 valence electrons. The lowest BCUT2D eigenvalue weighted by molar-refractivity contribution is -0.141. The number of hydrogen-bond donors (Lipinski definition) is 0. The molecular formula is C20H20N2O4. The molecule has 1 spiro atoms. The molecule has 4 unspecified atom stereocenters. The van der Waals surface area contributed by atoms with Crippen LogP contribution >= 0.6 is 0 Å². The van der Waals surface area contributed by atoms with Crippen molar-refractivity contribution in [3.05, 3.63) is 35.9 Å². The molecule has 6 heteroatoms. The molecule has 0 radical (unpaired) electrons. The summed E-state index contributed by atoms with van der Waals surface area (Å²) < 4.78 is 10.5. The number of hydrogen-bond acceptors (Lipinski definition) is 5. The largest absolute Gasteiger partial charge is 0.497 e. The number of methoxy groups -OCH3 is 2. The van der Waals surface area contributed by atoms with Crippen LogP contribution in [0.5, 0.6) is 11.5 Å². The molecule has 0 aromatic heterocycles. The summed E-state index contributed by atoms with van der Waals surface area (Å²) in [5.74, 6) is 0.880. The molecule has 4 atom stereocenters. The molecule has 1 heterocycles. The Hall–Kier alpha value is -2.63. The number of hydrazone groups is 1. The molecule has 0 N–H and O–H groups in total. The van der Waals surface area contributed by atoms with Crippen molar-refractivity contribution in [1.29, 1.82) is 0 Å². The van der Waals surface area contributed by atoms with Crippen LogP contribution in [0.15, 0.2) is 35.5 Å². The third kappa shape index (κ3) is 1.84. The Morgan fingerprint density at radius 2 is 1.73 bits per heavy atom. The number of carbonyl (C=O) groups is 2. The molecule has 1 aromatic carbocycles. The first-order valence-electron chi connectivity index (χ1n) is 8.93. The van der Waals surface area contributed by atoms with Crippen LogP contribution in [0.3, 0.4) is 0 Å². The number of imide groups is 1. The lowest BCUT2D eigenvalue weighted by Gasteiger charge is -2.18. The molecule has 1 aromatic rings. The Morgan fingerprint density at radius 1 is 1.08 bits per heavy atom. The van der Waals surface area contributed by atoms with Crippen LogP contribution in [0.1, 0.15) is 18.4 Å². The van der Waals surface area contributed by atoms with Crippen LogP contribution < -0.4 is 9.47 Å². The maximum Gasteiger partial charge on any atom is 0.254 e. The lowest BCUT2D eigenvalue weighted by atomic mass is 9.85. The standard InChI is InChI=1S/C20H20N2O4/c1-25-12-3-6-15(26-2)11(9-12)10-21-22-18(23)16-13-4-5-14(17(16)19(22)24)20(13)7-8-20/h3-6,9-10,13-14,16-17H,7-8H2,1-2H3/b21-10+. The zero-order chi connectivity index (χ0) is 18.1. The van der Waals surface area contributed by atoms with Gasteiger partial charge in [-0.15, -0.1) is 0 Å². The van der Waals surface area contributed by atoms with Crippen LogP contribution in [-0.2, 0) is 9.59 Å². The highest BCUT2D eigenvalue weighted by Gasteiger charge is 2.73. The molecule has 1 saturated heterocycles. The molecule has 3 fully saturated rings. The first kappa shape index (κ1) is 15.6. The maximum atomic E-state index is 12.9. The monoisotopic (exact) mass is 352 g/mol. The van der Waals surface area contributed by atoms with E-state index in [0.29, 0.717) is 17.1 Å². The Balaban J connectivity index is 1.44. The van der Waals surface area contributed by atoms with Gasteiger partial charge in [-0.25, -0.2) is 0 Å². The predicted octanol–water partition coefficient (Wildman–Crippen LogP) is 2.23. The normalized spacial score (nSPS) is 32.8. The van der Waals surface area contributed by atoms with Gasteiger partial charge >= 0.3 is 0 Å². The molecule has 6 nitrogen and oxygen atoms in total. The summed E-state index contributed by atoms with van der Waals surface area (Å²) in [7, 11) is 3.14. The zero-order valence-electron chi connectivity index (χ0n) is 14.7. The third-order valence-corrected chi connectivity index (χ3v) is 6.58.